The SMILES string of the molecule is Clc1ccc2c(c1)CCC2Nc1ccnc(C2CC2)n1. The first-order valence-corrected chi connectivity index (χ1v) is 7.55. The van der Waals surface area contributed by atoms with Gasteiger partial charge < -0.3 is 5.32 Å². The zero-order chi connectivity index (χ0) is 13.5. The van der Waals surface area contributed by atoms with Gasteiger partial charge in [0.2, 0.25) is 0 Å². The summed E-state index contributed by atoms with van der Waals surface area (Å²) >= 11 is 6.05. The average Bonchev–Trinajstić information content (AvgIpc) is 3.23. The van der Waals surface area contributed by atoms with Crippen molar-refractivity contribution in [2.24, 2.45) is 0 Å². The molecule has 3 nitrogen and oxygen atoms in total. The van der Waals surface area contributed by atoms with Crippen LogP contribution in [0.25, 0.3) is 0 Å². The molecule has 0 bridgehead atoms. The third-order valence-electron chi connectivity index (χ3n) is 4.12. The molecule has 0 radical (unpaired) electrons. The molecule has 2 aliphatic carbocycles. The van der Waals surface area contributed by atoms with Crippen molar-refractivity contribution in [2.45, 2.75) is 37.6 Å². The second-order valence-corrected chi connectivity index (χ2v) is 6.09. The van der Waals surface area contributed by atoms with Gasteiger partial charge in [-0.15, -0.1) is 0 Å². The van der Waals surface area contributed by atoms with Crippen molar-refractivity contribution >= 4 is 17.4 Å². The van der Waals surface area contributed by atoms with E-state index in [0.29, 0.717) is 12.0 Å². The van der Waals surface area contributed by atoms with Crippen molar-refractivity contribution in [3.05, 3.63) is 52.4 Å². The molecule has 0 aliphatic heterocycles. The predicted molar refractivity (Wildman–Crippen MR) is 80.1 cm³/mol. The Hall–Kier alpha value is -1.61. The standard InChI is InChI=1S/C16H16ClN3/c17-12-4-5-13-11(9-12)3-6-14(13)19-15-7-8-18-16(20-15)10-1-2-10/h4-5,7-10,14H,1-3,6H2,(H,18,19,20). The quantitative estimate of drug-likeness (QED) is 0.922. The van der Waals surface area contributed by atoms with Gasteiger partial charge in [0.1, 0.15) is 11.6 Å². The highest BCUT2D eigenvalue weighted by Gasteiger charge is 2.27. The molecule has 1 saturated carbocycles. The van der Waals surface area contributed by atoms with Crippen molar-refractivity contribution in [3.8, 4) is 0 Å². The Morgan fingerprint density at radius 1 is 1.15 bits per heavy atom. The third kappa shape index (κ3) is 2.27. The van der Waals surface area contributed by atoms with Crippen LogP contribution in [0.5, 0.6) is 0 Å². The normalized spacial score (nSPS) is 20.8. The molecule has 1 aromatic heterocycles. The van der Waals surface area contributed by atoms with Crippen molar-refractivity contribution in [1.82, 2.24) is 9.97 Å². The number of rotatable bonds is 3. The minimum Gasteiger partial charge on any atom is -0.363 e. The van der Waals surface area contributed by atoms with Gasteiger partial charge in [0, 0.05) is 17.1 Å². The Kier molecular flexibility index (Phi) is 2.88. The van der Waals surface area contributed by atoms with Gasteiger partial charge in [0.25, 0.3) is 0 Å². The number of nitrogens with one attached hydrogen (secondary N) is 1. The molecule has 1 atom stereocenters. The lowest BCUT2D eigenvalue weighted by atomic mass is 10.1. The molecule has 1 aromatic carbocycles. The molecule has 102 valence electrons. The molecule has 0 spiro atoms. The fourth-order valence-electron chi connectivity index (χ4n) is 2.91. The first-order chi connectivity index (χ1) is 9.79. The Morgan fingerprint density at radius 2 is 2.05 bits per heavy atom. The van der Waals surface area contributed by atoms with E-state index in [1.54, 1.807) is 0 Å². The number of halogens is 1. The second-order valence-electron chi connectivity index (χ2n) is 5.65. The summed E-state index contributed by atoms with van der Waals surface area (Å²) in [7, 11) is 0. The van der Waals surface area contributed by atoms with E-state index in [1.165, 1.54) is 24.0 Å². The predicted octanol–water partition coefficient (Wildman–Crippen LogP) is 4.11. The molecule has 2 aliphatic rings. The highest BCUT2D eigenvalue weighted by Crippen LogP contribution is 2.39. The van der Waals surface area contributed by atoms with E-state index < -0.39 is 0 Å². The summed E-state index contributed by atoms with van der Waals surface area (Å²) in [5, 5.41) is 4.37. The molecule has 1 N–H and O–H groups in total. The van der Waals surface area contributed by atoms with Gasteiger partial charge in [-0.3, -0.25) is 0 Å². The maximum absolute atomic E-state index is 6.05. The fraction of sp³-hybridized carbons (Fsp3) is 0.375. The van der Waals surface area contributed by atoms with Crippen LogP contribution in [0.2, 0.25) is 5.02 Å². The number of hydrogen-bond acceptors (Lipinski definition) is 3. The molecule has 2 aromatic rings. The van der Waals surface area contributed by atoms with Crippen LogP contribution in [0.3, 0.4) is 0 Å². The first-order valence-electron chi connectivity index (χ1n) is 7.17. The zero-order valence-corrected chi connectivity index (χ0v) is 11.9. The molecule has 20 heavy (non-hydrogen) atoms. The lowest BCUT2D eigenvalue weighted by molar-refractivity contribution is 0.753. The van der Waals surface area contributed by atoms with Gasteiger partial charge in [-0.05, 0) is 55.0 Å². The first kappa shape index (κ1) is 12.2. The fourth-order valence-corrected chi connectivity index (χ4v) is 3.10. The number of anilines is 1. The Bertz CT molecular complexity index is 652. The van der Waals surface area contributed by atoms with Crippen LogP contribution in [0, 0.1) is 0 Å². The van der Waals surface area contributed by atoms with Crippen LogP contribution in [0.4, 0.5) is 5.82 Å². The highest BCUT2D eigenvalue weighted by atomic mass is 35.5. The molecular formula is C16H16ClN3. The van der Waals surface area contributed by atoms with Crippen LogP contribution in [0.15, 0.2) is 30.5 Å². The third-order valence-corrected chi connectivity index (χ3v) is 4.36. The van der Waals surface area contributed by atoms with Crippen molar-refractivity contribution in [2.75, 3.05) is 5.32 Å². The maximum Gasteiger partial charge on any atom is 0.133 e. The van der Waals surface area contributed by atoms with E-state index >= 15 is 0 Å². The van der Waals surface area contributed by atoms with Gasteiger partial charge in [-0.2, -0.15) is 0 Å². The zero-order valence-electron chi connectivity index (χ0n) is 11.1. The largest absolute Gasteiger partial charge is 0.363 e. The van der Waals surface area contributed by atoms with Crippen LogP contribution in [-0.4, -0.2) is 9.97 Å². The molecule has 0 saturated heterocycles. The van der Waals surface area contributed by atoms with Gasteiger partial charge in [-0.25, -0.2) is 9.97 Å². The Morgan fingerprint density at radius 3 is 2.90 bits per heavy atom. The van der Waals surface area contributed by atoms with Gasteiger partial charge in [0.15, 0.2) is 0 Å². The summed E-state index contributed by atoms with van der Waals surface area (Å²) in [6, 6.07) is 8.47. The number of benzene rings is 1. The van der Waals surface area contributed by atoms with Gasteiger partial charge in [-0.1, -0.05) is 17.7 Å². The van der Waals surface area contributed by atoms with Gasteiger partial charge in [0.05, 0.1) is 6.04 Å². The number of aromatic nitrogens is 2. The van der Waals surface area contributed by atoms with Crippen LogP contribution >= 0.6 is 11.6 Å². The molecule has 4 rings (SSSR count). The molecule has 1 fully saturated rings. The summed E-state index contributed by atoms with van der Waals surface area (Å²) in [4.78, 5) is 9.00. The van der Waals surface area contributed by atoms with Crippen LogP contribution in [-0.2, 0) is 6.42 Å². The Balaban J connectivity index is 1.57. The van der Waals surface area contributed by atoms with E-state index in [-0.39, 0.29) is 0 Å². The van der Waals surface area contributed by atoms with Gasteiger partial charge >= 0.3 is 0 Å². The molecule has 1 heterocycles. The number of nitrogens with zero attached hydrogens (tertiary/aromatic N) is 2. The minimum atomic E-state index is 0.337. The summed E-state index contributed by atoms with van der Waals surface area (Å²) in [6.07, 6.45) is 6.50. The number of aryl methyl sites for hydroxylation is 1. The van der Waals surface area contributed by atoms with E-state index in [9.17, 15) is 0 Å². The maximum atomic E-state index is 6.05. The summed E-state index contributed by atoms with van der Waals surface area (Å²) in [5.41, 5.74) is 2.70. The van der Waals surface area contributed by atoms with Crippen LogP contribution < -0.4 is 5.32 Å². The van der Waals surface area contributed by atoms with Crippen molar-refractivity contribution in [3.63, 3.8) is 0 Å². The van der Waals surface area contributed by atoms with E-state index in [2.05, 4.69) is 27.4 Å². The summed E-state index contributed by atoms with van der Waals surface area (Å²) < 4.78 is 0. The lowest BCUT2D eigenvalue weighted by Crippen LogP contribution is -2.09. The summed E-state index contributed by atoms with van der Waals surface area (Å²) in [6.45, 7) is 0. The van der Waals surface area contributed by atoms with Crippen molar-refractivity contribution in [1.29, 1.82) is 0 Å². The highest BCUT2D eigenvalue weighted by molar-refractivity contribution is 6.30. The Labute approximate surface area is 123 Å². The molecule has 4 heteroatoms. The molecule has 0 amide bonds. The minimum absolute atomic E-state index is 0.337. The number of fused-ring (bicyclic) bond motifs is 1. The summed E-state index contributed by atoms with van der Waals surface area (Å²) in [5.74, 6) is 2.52. The number of hydrogen-bond donors (Lipinski definition) is 1. The van der Waals surface area contributed by atoms with E-state index in [0.717, 1.165) is 29.5 Å². The van der Waals surface area contributed by atoms with E-state index in [1.807, 2.05) is 18.3 Å². The van der Waals surface area contributed by atoms with E-state index in [4.69, 9.17) is 11.6 Å². The van der Waals surface area contributed by atoms with Crippen LogP contribution in [0.1, 0.15) is 48.2 Å². The lowest BCUT2D eigenvalue weighted by Gasteiger charge is -2.15. The second kappa shape index (κ2) is 4.74. The molecule has 1 unspecified atom stereocenters. The molecular weight excluding hydrogens is 270 g/mol. The topological polar surface area (TPSA) is 37.8 Å². The average molecular weight is 286 g/mol. The monoisotopic (exact) mass is 285 g/mol. The smallest absolute Gasteiger partial charge is 0.133 e. The van der Waals surface area contributed by atoms with Crippen molar-refractivity contribution < 1.29 is 0 Å².